The Morgan fingerprint density at radius 1 is 1.30 bits per heavy atom. The molecular formula is C15H16ClNO4S2. The van der Waals surface area contributed by atoms with Crippen LogP contribution in [0.4, 0.5) is 0 Å². The first-order chi connectivity index (χ1) is 10.9. The Bertz CT molecular complexity index is 801. The highest BCUT2D eigenvalue weighted by Gasteiger charge is 2.24. The zero-order chi connectivity index (χ0) is 17.0. The number of carbonyl (C=O) groups excluding carboxylic acids is 1. The molecule has 0 saturated carbocycles. The normalized spacial score (nSPS) is 11.7. The molecule has 0 spiro atoms. The molecule has 0 amide bonds. The van der Waals surface area contributed by atoms with Crippen LogP contribution in [0.1, 0.15) is 22.2 Å². The maximum Gasteiger partial charge on any atom is 0.337 e. The number of esters is 1. The molecule has 2 aromatic rings. The van der Waals surface area contributed by atoms with Crippen LogP contribution >= 0.6 is 22.9 Å². The first-order valence-electron chi connectivity index (χ1n) is 6.81. The fourth-order valence-electron chi connectivity index (χ4n) is 2.03. The first kappa shape index (κ1) is 17.9. The molecule has 0 aliphatic carbocycles. The molecule has 0 aliphatic heterocycles. The predicted molar refractivity (Wildman–Crippen MR) is 90.4 cm³/mol. The Morgan fingerprint density at radius 2 is 2.04 bits per heavy atom. The van der Waals surface area contributed by atoms with Crippen LogP contribution in [0, 0.1) is 0 Å². The maximum absolute atomic E-state index is 12.8. The maximum atomic E-state index is 12.8. The Labute approximate surface area is 144 Å². The first-order valence-corrected chi connectivity index (χ1v) is 9.44. The van der Waals surface area contributed by atoms with Crippen LogP contribution < -0.4 is 0 Å². The van der Waals surface area contributed by atoms with Crippen molar-refractivity contribution in [3.63, 3.8) is 0 Å². The molecule has 0 N–H and O–H groups in total. The van der Waals surface area contributed by atoms with E-state index in [4.69, 9.17) is 11.6 Å². The second-order valence-corrected chi connectivity index (χ2v) is 8.39. The lowest BCUT2D eigenvalue weighted by Gasteiger charge is -2.20. The Balaban J connectivity index is 2.33. The number of sulfonamides is 1. The molecular weight excluding hydrogens is 358 g/mol. The smallest absolute Gasteiger partial charge is 0.337 e. The van der Waals surface area contributed by atoms with Crippen LogP contribution in [0.25, 0.3) is 0 Å². The highest BCUT2D eigenvalue weighted by molar-refractivity contribution is 7.89. The quantitative estimate of drug-likeness (QED) is 0.728. The van der Waals surface area contributed by atoms with E-state index < -0.39 is 16.0 Å². The number of ether oxygens (including phenoxy) is 1. The molecule has 0 atom stereocenters. The molecule has 5 nitrogen and oxygen atoms in total. The molecule has 0 aliphatic rings. The summed E-state index contributed by atoms with van der Waals surface area (Å²) < 4.78 is 32.1. The van der Waals surface area contributed by atoms with E-state index in [0.717, 1.165) is 4.88 Å². The van der Waals surface area contributed by atoms with E-state index in [1.807, 2.05) is 0 Å². The van der Waals surface area contributed by atoms with Gasteiger partial charge in [-0.25, -0.2) is 13.2 Å². The topological polar surface area (TPSA) is 63.7 Å². The van der Waals surface area contributed by atoms with Crippen molar-refractivity contribution in [2.75, 3.05) is 13.7 Å². The lowest BCUT2D eigenvalue weighted by atomic mass is 10.2. The van der Waals surface area contributed by atoms with Gasteiger partial charge in [0.15, 0.2) is 0 Å². The molecule has 23 heavy (non-hydrogen) atoms. The van der Waals surface area contributed by atoms with Crippen molar-refractivity contribution in [2.45, 2.75) is 18.4 Å². The Kier molecular flexibility index (Phi) is 5.80. The minimum Gasteiger partial charge on any atom is -0.465 e. The molecule has 0 saturated heterocycles. The second kappa shape index (κ2) is 7.44. The summed E-state index contributed by atoms with van der Waals surface area (Å²) in [5, 5.41) is 0. The van der Waals surface area contributed by atoms with Gasteiger partial charge in [0.1, 0.15) is 0 Å². The standard InChI is InChI=1S/C15H16ClNO4S2/c1-3-17(10-12-7-8-14(16)22-12)23(19,20)13-6-4-5-11(9-13)15(18)21-2/h4-9H,3,10H2,1-2H3. The lowest BCUT2D eigenvalue weighted by Crippen LogP contribution is -2.30. The minimum atomic E-state index is -3.72. The van der Waals surface area contributed by atoms with Crippen LogP contribution in [0.5, 0.6) is 0 Å². The number of nitrogens with zero attached hydrogens (tertiary/aromatic N) is 1. The molecule has 124 valence electrons. The van der Waals surface area contributed by atoms with Gasteiger partial charge in [-0.05, 0) is 30.3 Å². The summed E-state index contributed by atoms with van der Waals surface area (Å²) in [6.07, 6.45) is 0. The van der Waals surface area contributed by atoms with Gasteiger partial charge < -0.3 is 4.74 Å². The van der Waals surface area contributed by atoms with Crippen LogP contribution in [0.15, 0.2) is 41.3 Å². The van der Waals surface area contributed by atoms with Gasteiger partial charge in [-0.1, -0.05) is 24.6 Å². The minimum absolute atomic E-state index is 0.0601. The van der Waals surface area contributed by atoms with Gasteiger partial charge in [0.25, 0.3) is 0 Å². The summed E-state index contributed by atoms with van der Waals surface area (Å²) in [6, 6.07) is 9.36. The van der Waals surface area contributed by atoms with E-state index in [1.54, 1.807) is 19.1 Å². The van der Waals surface area contributed by atoms with Crippen molar-refractivity contribution in [2.24, 2.45) is 0 Å². The van der Waals surface area contributed by atoms with Gasteiger partial charge in [-0.2, -0.15) is 4.31 Å². The van der Waals surface area contributed by atoms with Crippen LogP contribution in [-0.4, -0.2) is 32.3 Å². The number of carbonyl (C=O) groups is 1. The van der Waals surface area contributed by atoms with Crippen LogP contribution in [0.3, 0.4) is 0 Å². The average Bonchev–Trinajstić information content (AvgIpc) is 2.96. The molecule has 0 unspecified atom stereocenters. The van der Waals surface area contributed by atoms with E-state index in [1.165, 1.54) is 47.0 Å². The molecule has 8 heteroatoms. The van der Waals surface area contributed by atoms with Gasteiger partial charge in [-0.3, -0.25) is 0 Å². The van der Waals surface area contributed by atoms with Crippen molar-refractivity contribution in [3.05, 3.63) is 51.2 Å². The number of halogens is 1. The number of benzene rings is 1. The Morgan fingerprint density at radius 3 is 2.61 bits per heavy atom. The van der Waals surface area contributed by atoms with E-state index in [9.17, 15) is 13.2 Å². The van der Waals surface area contributed by atoms with Crippen molar-refractivity contribution < 1.29 is 17.9 Å². The molecule has 1 heterocycles. The number of methoxy groups -OCH3 is 1. The number of hydrogen-bond donors (Lipinski definition) is 0. The number of rotatable bonds is 6. The van der Waals surface area contributed by atoms with Gasteiger partial charge in [0.05, 0.1) is 21.9 Å². The van der Waals surface area contributed by atoms with Crippen molar-refractivity contribution >= 4 is 38.9 Å². The summed E-state index contributed by atoms with van der Waals surface area (Å²) in [5.74, 6) is -0.574. The monoisotopic (exact) mass is 373 g/mol. The van der Waals surface area contributed by atoms with E-state index in [2.05, 4.69) is 4.74 Å². The third-order valence-corrected chi connectivity index (χ3v) is 6.34. The van der Waals surface area contributed by atoms with E-state index in [0.29, 0.717) is 10.9 Å². The highest BCUT2D eigenvalue weighted by atomic mass is 35.5. The van der Waals surface area contributed by atoms with Gasteiger partial charge in [0.2, 0.25) is 10.0 Å². The predicted octanol–water partition coefficient (Wildman–Crippen LogP) is 3.40. The largest absolute Gasteiger partial charge is 0.465 e. The fourth-order valence-corrected chi connectivity index (χ4v) is 4.69. The second-order valence-electron chi connectivity index (χ2n) is 4.66. The molecule has 0 fully saturated rings. The fraction of sp³-hybridized carbons (Fsp3) is 0.267. The van der Waals surface area contributed by atoms with Crippen molar-refractivity contribution in [1.29, 1.82) is 0 Å². The van der Waals surface area contributed by atoms with Gasteiger partial charge in [-0.15, -0.1) is 11.3 Å². The number of hydrogen-bond acceptors (Lipinski definition) is 5. The molecule has 2 rings (SSSR count). The average molecular weight is 374 g/mol. The Hall–Kier alpha value is -1.41. The SMILES string of the molecule is CCN(Cc1ccc(Cl)s1)S(=O)(=O)c1cccc(C(=O)OC)c1. The summed E-state index contributed by atoms with van der Waals surface area (Å²) in [5.41, 5.74) is 0.198. The van der Waals surface area contributed by atoms with Gasteiger partial charge >= 0.3 is 5.97 Å². The lowest BCUT2D eigenvalue weighted by molar-refractivity contribution is 0.0600. The third-order valence-electron chi connectivity index (χ3n) is 3.21. The van der Waals surface area contributed by atoms with Crippen molar-refractivity contribution in [3.8, 4) is 0 Å². The van der Waals surface area contributed by atoms with E-state index >= 15 is 0 Å². The summed E-state index contributed by atoms with van der Waals surface area (Å²) in [4.78, 5) is 12.5. The van der Waals surface area contributed by atoms with Crippen molar-refractivity contribution in [1.82, 2.24) is 4.31 Å². The zero-order valence-electron chi connectivity index (χ0n) is 12.7. The summed E-state index contributed by atoms with van der Waals surface area (Å²) >= 11 is 7.23. The summed E-state index contributed by atoms with van der Waals surface area (Å²) in [6.45, 7) is 2.30. The van der Waals surface area contributed by atoms with Crippen LogP contribution in [-0.2, 0) is 21.3 Å². The summed E-state index contributed by atoms with van der Waals surface area (Å²) in [7, 11) is -2.46. The molecule has 1 aromatic carbocycles. The van der Waals surface area contributed by atoms with Crippen LogP contribution in [0.2, 0.25) is 4.34 Å². The highest BCUT2D eigenvalue weighted by Crippen LogP contribution is 2.25. The number of thiophene rings is 1. The molecule has 1 aromatic heterocycles. The zero-order valence-corrected chi connectivity index (χ0v) is 15.0. The van der Waals surface area contributed by atoms with E-state index in [-0.39, 0.29) is 17.0 Å². The third kappa shape index (κ3) is 4.11. The molecule has 0 bridgehead atoms. The molecule has 0 radical (unpaired) electrons. The van der Waals surface area contributed by atoms with Gasteiger partial charge in [0, 0.05) is 18.0 Å².